The Kier molecular flexibility index (Phi) is 6.95. The maximum absolute atomic E-state index is 12.3. The molecule has 0 aliphatic carbocycles. The molecule has 8 heteroatoms. The van der Waals surface area contributed by atoms with Gasteiger partial charge < -0.3 is 20.1 Å². The Balaban J connectivity index is 2.08. The van der Waals surface area contributed by atoms with Crippen molar-refractivity contribution in [1.29, 1.82) is 0 Å². The lowest BCUT2D eigenvalue weighted by atomic mass is 10.1. The second-order valence-corrected chi connectivity index (χ2v) is 6.95. The number of benzene rings is 1. The van der Waals surface area contributed by atoms with Gasteiger partial charge in [0.2, 0.25) is 5.91 Å². The number of thiophene rings is 1. The highest BCUT2D eigenvalue weighted by Gasteiger charge is 2.22. The van der Waals surface area contributed by atoms with Crippen LogP contribution in [0.2, 0.25) is 0 Å². The summed E-state index contributed by atoms with van der Waals surface area (Å²) in [5.41, 5.74) is 1.63. The van der Waals surface area contributed by atoms with E-state index in [1.54, 1.807) is 31.2 Å². The molecule has 2 rings (SSSR count). The molecule has 0 spiro atoms. The van der Waals surface area contributed by atoms with Gasteiger partial charge >= 0.3 is 5.97 Å². The van der Waals surface area contributed by atoms with Gasteiger partial charge in [-0.15, -0.1) is 11.3 Å². The Bertz CT molecular complexity index is 860. The SMILES string of the molecule is CCOC(=O)c1c(NC(=O)COc2ccccc2NC(C)=O)sc(C)c1C. The largest absolute Gasteiger partial charge is 0.482 e. The molecule has 0 unspecified atom stereocenters. The summed E-state index contributed by atoms with van der Waals surface area (Å²) in [7, 11) is 0. The number of carbonyl (C=O) groups excluding carboxylic acids is 3. The second-order valence-electron chi connectivity index (χ2n) is 5.72. The summed E-state index contributed by atoms with van der Waals surface area (Å²) in [6.45, 7) is 6.79. The lowest BCUT2D eigenvalue weighted by molar-refractivity contribution is -0.118. The highest BCUT2D eigenvalue weighted by molar-refractivity contribution is 7.16. The van der Waals surface area contributed by atoms with Gasteiger partial charge in [-0.3, -0.25) is 9.59 Å². The molecule has 0 atom stereocenters. The highest BCUT2D eigenvalue weighted by atomic mass is 32.1. The number of hydrogen-bond acceptors (Lipinski definition) is 6. The third kappa shape index (κ3) is 5.30. The highest BCUT2D eigenvalue weighted by Crippen LogP contribution is 2.33. The molecule has 2 N–H and O–H groups in total. The average molecular weight is 390 g/mol. The minimum absolute atomic E-state index is 0.237. The van der Waals surface area contributed by atoms with Crippen LogP contribution in [0.25, 0.3) is 0 Å². The van der Waals surface area contributed by atoms with Crippen LogP contribution < -0.4 is 15.4 Å². The summed E-state index contributed by atoms with van der Waals surface area (Å²) in [5.74, 6) is -0.739. The zero-order valence-electron chi connectivity index (χ0n) is 15.7. The van der Waals surface area contributed by atoms with Crippen molar-refractivity contribution in [3.63, 3.8) is 0 Å². The molecule has 0 fully saturated rings. The van der Waals surface area contributed by atoms with Crippen LogP contribution in [-0.2, 0) is 14.3 Å². The number of rotatable bonds is 7. The number of hydrogen-bond donors (Lipinski definition) is 2. The van der Waals surface area contributed by atoms with E-state index in [1.165, 1.54) is 18.3 Å². The van der Waals surface area contributed by atoms with E-state index < -0.39 is 11.9 Å². The van der Waals surface area contributed by atoms with Gasteiger partial charge in [0, 0.05) is 11.8 Å². The van der Waals surface area contributed by atoms with Crippen LogP contribution in [0.4, 0.5) is 10.7 Å². The molecule has 1 aromatic carbocycles. The third-order valence-corrected chi connectivity index (χ3v) is 4.80. The molecule has 2 amide bonds. The molecule has 0 saturated heterocycles. The zero-order valence-corrected chi connectivity index (χ0v) is 16.5. The number of carbonyl (C=O) groups is 3. The van der Waals surface area contributed by atoms with E-state index in [0.29, 0.717) is 22.0 Å². The first-order chi connectivity index (χ1) is 12.8. The molecule has 0 aliphatic rings. The lowest BCUT2D eigenvalue weighted by Crippen LogP contribution is -2.21. The molecule has 2 aromatic rings. The molecule has 7 nitrogen and oxygen atoms in total. The number of ether oxygens (including phenoxy) is 2. The second kappa shape index (κ2) is 9.18. The number of aryl methyl sites for hydroxylation is 1. The fraction of sp³-hybridized carbons (Fsp3) is 0.316. The molecule has 0 radical (unpaired) electrons. The van der Waals surface area contributed by atoms with E-state index in [4.69, 9.17) is 9.47 Å². The monoisotopic (exact) mass is 390 g/mol. The fourth-order valence-electron chi connectivity index (χ4n) is 2.36. The molecule has 0 aliphatic heterocycles. The van der Waals surface area contributed by atoms with Crippen LogP contribution in [0.5, 0.6) is 5.75 Å². The number of para-hydroxylation sites is 2. The van der Waals surface area contributed by atoms with Gasteiger partial charge in [-0.25, -0.2) is 4.79 Å². The van der Waals surface area contributed by atoms with E-state index >= 15 is 0 Å². The first-order valence-electron chi connectivity index (χ1n) is 8.39. The van der Waals surface area contributed by atoms with Crippen molar-refractivity contribution < 1.29 is 23.9 Å². The van der Waals surface area contributed by atoms with E-state index in [2.05, 4.69) is 10.6 Å². The lowest BCUT2D eigenvalue weighted by Gasteiger charge is -2.12. The van der Waals surface area contributed by atoms with Crippen LogP contribution >= 0.6 is 11.3 Å². The maximum atomic E-state index is 12.3. The van der Waals surface area contributed by atoms with E-state index in [1.807, 2.05) is 13.8 Å². The van der Waals surface area contributed by atoms with E-state index in [0.717, 1.165) is 10.4 Å². The van der Waals surface area contributed by atoms with Crippen molar-refractivity contribution in [2.24, 2.45) is 0 Å². The Morgan fingerprint density at radius 1 is 1.11 bits per heavy atom. The van der Waals surface area contributed by atoms with Gasteiger partial charge in [0.25, 0.3) is 5.91 Å². The molecule has 0 saturated carbocycles. The number of nitrogens with one attached hydrogen (secondary N) is 2. The summed E-state index contributed by atoms with van der Waals surface area (Å²) in [6.07, 6.45) is 0. The van der Waals surface area contributed by atoms with E-state index in [-0.39, 0.29) is 19.1 Å². The molecule has 1 aromatic heterocycles. The van der Waals surface area contributed by atoms with Crippen LogP contribution in [0.15, 0.2) is 24.3 Å². The van der Waals surface area contributed by atoms with Crippen molar-refractivity contribution in [3.05, 3.63) is 40.3 Å². The Morgan fingerprint density at radius 2 is 1.81 bits per heavy atom. The summed E-state index contributed by atoms with van der Waals surface area (Å²) < 4.78 is 10.6. The van der Waals surface area contributed by atoms with Gasteiger partial charge in [0.15, 0.2) is 6.61 Å². The minimum atomic E-state index is -0.466. The van der Waals surface area contributed by atoms with Crippen LogP contribution in [-0.4, -0.2) is 31.0 Å². The molecular formula is C19H22N2O5S. The van der Waals surface area contributed by atoms with Crippen molar-refractivity contribution in [1.82, 2.24) is 0 Å². The van der Waals surface area contributed by atoms with Crippen molar-refractivity contribution in [2.45, 2.75) is 27.7 Å². The minimum Gasteiger partial charge on any atom is -0.482 e. The van der Waals surface area contributed by atoms with Gasteiger partial charge in [0.05, 0.1) is 17.9 Å². The summed E-state index contributed by atoms with van der Waals surface area (Å²) in [4.78, 5) is 36.6. The van der Waals surface area contributed by atoms with Crippen molar-refractivity contribution >= 4 is 39.8 Å². The normalized spacial score (nSPS) is 10.2. The molecule has 144 valence electrons. The Hall–Kier alpha value is -2.87. The summed E-state index contributed by atoms with van der Waals surface area (Å²) in [5, 5.41) is 5.79. The van der Waals surface area contributed by atoms with Crippen LogP contribution in [0.3, 0.4) is 0 Å². The van der Waals surface area contributed by atoms with Gasteiger partial charge in [-0.05, 0) is 38.5 Å². The standard InChI is InChI=1S/C19H22N2O5S/c1-5-25-19(24)17-11(2)12(3)27-18(17)21-16(23)10-26-15-9-7-6-8-14(15)20-13(4)22/h6-9H,5,10H2,1-4H3,(H,20,22)(H,21,23). The summed E-state index contributed by atoms with van der Waals surface area (Å²) >= 11 is 1.31. The molecule has 0 bridgehead atoms. The predicted molar refractivity (Wildman–Crippen MR) is 105 cm³/mol. The zero-order chi connectivity index (χ0) is 20.0. The first kappa shape index (κ1) is 20.4. The quantitative estimate of drug-likeness (QED) is 0.706. The van der Waals surface area contributed by atoms with E-state index in [9.17, 15) is 14.4 Å². The van der Waals surface area contributed by atoms with Crippen molar-refractivity contribution in [2.75, 3.05) is 23.8 Å². The van der Waals surface area contributed by atoms with Crippen LogP contribution in [0.1, 0.15) is 34.6 Å². The molecule has 1 heterocycles. The topological polar surface area (TPSA) is 93.7 Å². The number of esters is 1. The van der Waals surface area contributed by atoms with Gasteiger partial charge in [0.1, 0.15) is 10.8 Å². The maximum Gasteiger partial charge on any atom is 0.341 e. The van der Waals surface area contributed by atoms with Crippen LogP contribution in [0, 0.1) is 13.8 Å². The number of anilines is 2. The smallest absolute Gasteiger partial charge is 0.341 e. The molecular weight excluding hydrogens is 368 g/mol. The Morgan fingerprint density at radius 3 is 2.48 bits per heavy atom. The third-order valence-electron chi connectivity index (χ3n) is 3.67. The van der Waals surface area contributed by atoms with Crippen molar-refractivity contribution in [3.8, 4) is 5.75 Å². The van der Waals surface area contributed by atoms with Gasteiger partial charge in [-0.2, -0.15) is 0 Å². The van der Waals surface area contributed by atoms with Gasteiger partial charge in [-0.1, -0.05) is 12.1 Å². The Labute approximate surface area is 161 Å². The summed E-state index contributed by atoms with van der Waals surface area (Å²) in [6, 6.07) is 6.83. The predicted octanol–water partition coefficient (Wildman–Crippen LogP) is 3.52. The fourth-order valence-corrected chi connectivity index (χ4v) is 3.42. The average Bonchev–Trinajstić information content (AvgIpc) is 2.87. The molecule has 27 heavy (non-hydrogen) atoms. The number of amides is 2. The first-order valence-corrected chi connectivity index (χ1v) is 9.21.